The van der Waals surface area contributed by atoms with E-state index in [1.807, 2.05) is 6.07 Å². The molecule has 0 atom stereocenters. The fraction of sp³-hybridized carbons (Fsp3) is 0.0833. The van der Waals surface area contributed by atoms with E-state index in [2.05, 4.69) is 10.3 Å². The summed E-state index contributed by atoms with van der Waals surface area (Å²) in [5.41, 5.74) is 7.04. The maximum atomic E-state index is 5.94. The standard InChI is InChI=1S/C12H12ClN3O/c1-17-11-6-9(3-4-10(11)13)16-12-5-2-8(14)7-15-12/h2-7H,14H2,1H3,(H,15,16). The Morgan fingerprint density at radius 1 is 1.29 bits per heavy atom. The number of anilines is 3. The Balaban J connectivity index is 2.21. The van der Waals surface area contributed by atoms with E-state index in [-0.39, 0.29) is 0 Å². The maximum absolute atomic E-state index is 5.94. The summed E-state index contributed by atoms with van der Waals surface area (Å²) in [6, 6.07) is 9.00. The Kier molecular flexibility index (Phi) is 3.35. The van der Waals surface area contributed by atoms with Crippen molar-refractivity contribution in [2.75, 3.05) is 18.2 Å². The van der Waals surface area contributed by atoms with Crippen LogP contribution in [0.5, 0.6) is 5.75 Å². The van der Waals surface area contributed by atoms with Crippen LogP contribution in [0.15, 0.2) is 36.5 Å². The van der Waals surface area contributed by atoms with Gasteiger partial charge in [0.1, 0.15) is 11.6 Å². The lowest BCUT2D eigenvalue weighted by atomic mass is 10.3. The summed E-state index contributed by atoms with van der Waals surface area (Å²) in [5.74, 6) is 1.33. The van der Waals surface area contributed by atoms with Crippen LogP contribution in [-0.2, 0) is 0 Å². The summed E-state index contributed by atoms with van der Waals surface area (Å²) in [6.07, 6.45) is 1.59. The van der Waals surface area contributed by atoms with Crippen molar-refractivity contribution in [1.29, 1.82) is 0 Å². The first kappa shape index (κ1) is 11.5. The fourth-order valence-electron chi connectivity index (χ4n) is 1.36. The van der Waals surface area contributed by atoms with Gasteiger partial charge in [-0.1, -0.05) is 11.6 Å². The molecule has 0 spiro atoms. The lowest BCUT2D eigenvalue weighted by Crippen LogP contribution is -1.95. The number of nitrogen functional groups attached to an aromatic ring is 1. The van der Waals surface area contributed by atoms with E-state index >= 15 is 0 Å². The van der Waals surface area contributed by atoms with Gasteiger partial charge in [-0.05, 0) is 24.3 Å². The molecule has 0 aliphatic rings. The number of aromatic nitrogens is 1. The van der Waals surface area contributed by atoms with E-state index in [1.165, 1.54) is 0 Å². The van der Waals surface area contributed by atoms with Crippen molar-refractivity contribution in [2.24, 2.45) is 0 Å². The minimum absolute atomic E-state index is 0.573. The monoisotopic (exact) mass is 249 g/mol. The molecule has 0 saturated carbocycles. The molecule has 0 radical (unpaired) electrons. The predicted octanol–water partition coefficient (Wildman–Crippen LogP) is 3.07. The van der Waals surface area contributed by atoms with Gasteiger partial charge >= 0.3 is 0 Å². The number of nitrogens with two attached hydrogens (primary N) is 1. The van der Waals surface area contributed by atoms with Gasteiger partial charge in [0, 0.05) is 11.8 Å². The summed E-state index contributed by atoms with van der Waals surface area (Å²) in [4.78, 5) is 4.14. The average Bonchev–Trinajstić information content (AvgIpc) is 2.34. The predicted molar refractivity (Wildman–Crippen MR) is 69.9 cm³/mol. The van der Waals surface area contributed by atoms with Crippen molar-refractivity contribution in [3.63, 3.8) is 0 Å². The normalized spacial score (nSPS) is 10.0. The first-order valence-corrected chi connectivity index (χ1v) is 5.39. The molecule has 0 amide bonds. The molecular weight excluding hydrogens is 238 g/mol. The van der Waals surface area contributed by atoms with Gasteiger partial charge in [-0.3, -0.25) is 0 Å². The number of methoxy groups -OCH3 is 1. The third-order valence-corrected chi connectivity index (χ3v) is 2.52. The molecule has 1 aromatic heterocycles. The molecule has 0 aliphatic carbocycles. The third kappa shape index (κ3) is 2.79. The van der Waals surface area contributed by atoms with E-state index in [9.17, 15) is 0 Å². The highest BCUT2D eigenvalue weighted by atomic mass is 35.5. The molecule has 88 valence electrons. The van der Waals surface area contributed by atoms with Crippen LogP contribution in [0.25, 0.3) is 0 Å². The minimum atomic E-state index is 0.573. The molecule has 0 aliphatic heterocycles. The average molecular weight is 250 g/mol. The summed E-state index contributed by atoms with van der Waals surface area (Å²) in [5, 5.41) is 3.70. The Bertz CT molecular complexity index is 514. The Labute approximate surface area is 104 Å². The molecule has 5 heteroatoms. The third-order valence-electron chi connectivity index (χ3n) is 2.21. The molecule has 2 aromatic rings. The van der Waals surface area contributed by atoms with Crippen LogP contribution in [0, 0.1) is 0 Å². The van der Waals surface area contributed by atoms with E-state index in [4.69, 9.17) is 22.1 Å². The smallest absolute Gasteiger partial charge is 0.139 e. The fourth-order valence-corrected chi connectivity index (χ4v) is 1.56. The zero-order chi connectivity index (χ0) is 12.3. The highest BCUT2D eigenvalue weighted by Gasteiger charge is 2.02. The molecule has 1 heterocycles. The van der Waals surface area contributed by atoms with Gasteiger partial charge in [-0.2, -0.15) is 0 Å². The number of pyridine rings is 1. The second-order valence-corrected chi connectivity index (χ2v) is 3.86. The van der Waals surface area contributed by atoms with Crippen LogP contribution in [0.1, 0.15) is 0 Å². The molecular formula is C12H12ClN3O. The van der Waals surface area contributed by atoms with Crippen LogP contribution in [0.2, 0.25) is 5.02 Å². The quantitative estimate of drug-likeness (QED) is 0.878. The number of halogens is 1. The number of hydrogen-bond acceptors (Lipinski definition) is 4. The van der Waals surface area contributed by atoms with Gasteiger partial charge in [0.05, 0.1) is 24.0 Å². The van der Waals surface area contributed by atoms with Crippen LogP contribution < -0.4 is 15.8 Å². The lowest BCUT2D eigenvalue weighted by Gasteiger charge is -2.08. The summed E-state index contributed by atoms with van der Waals surface area (Å²) in [7, 11) is 1.58. The Hall–Kier alpha value is -1.94. The van der Waals surface area contributed by atoms with Crippen molar-refractivity contribution >= 4 is 28.8 Å². The molecule has 0 saturated heterocycles. The van der Waals surface area contributed by atoms with Crippen LogP contribution >= 0.6 is 11.6 Å². The summed E-state index contributed by atoms with van der Waals surface area (Å²) >= 11 is 5.94. The Morgan fingerprint density at radius 2 is 2.12 bits per heavy atom. The van der Waals surface area contributed by atoms with Crippen molar-refractivity contribution < 1.29 is 4.74 Å². The zero-order valence-corrected chi connectivity index (χ0v) is 10.0. The van der Waals surface area contributed by atoms with Gasteiger partial charge < -0.3 is 15.8 Å². The number of rotatable bonds is 3. The first-order chi connectivity index (χ1) is 8.19. The highest BCUT2D eigenvalue weighted by molar-refractivity contribution is 6.32. The van der Waals surface area contributed by atoms with Gasteiger partial charge in [0.15, 0.2) is 0 Å². The molecule has 0 unspecified atom stereocenters. The van der Waals surface area contributed by atoms with Gasteiger partial charge in [-0.15, -0.1) is 0 Å². The Morgan fingerprint density at radius 3 is 2.76 bits per heavy atom. The molecule has 1 aromatic carbocycles. The van der Waals surface area contributed by atoms with Crippen molar-refractivity contribution in [3.05, 3.63) is 41.6 Å². The number of ether oxygens (including phenoxy) is 1. The molecule has 0 bridgehead atoms. The topological polar surface area (TPSA) is 60.2 Å². The number of hydrogen-bond donors (Lipinski definition) is 2. The molecule has 3 N–H and O–H groups in total. The van der Waals surface area contributed by atoms with E-state index < -0.39 is 0 Å². The highest BCUT2D eigenvalue weighted by Crippen LogP contribution is 2.28. The largest absolute Gasteiger partial charge is 0.495 e. The maximum Gasteiger partial charge on any atom is 0.139 e. The van der Waals surface area contributed by atoms with Gasteiger partial charge in [0.25, 0.3) is 0 Å². The summed E-state index contributed by atoms with van der Waals surface area (Å²) < 4.78 is 5.13. The second-order valence-electron chi connectivity index (χ2n) is 3.45. The lowest BCUT2D eigenvalue weighted by molar-refractivity contribution is 0.415. The second kappa shape index (κ2) is 4.93. The van der Waals surface area contributed by atoms with Crippen LogP contribution in [0.4, 0.5) is 17.2 Å². The number of nitrogens with one attached hydrogen (secondary N) is 1. The van der Waals surface area contributed by atoms with E-state index in [0.29, 0.717) is 22.3 Å². The van der Waals surface area contributed by atoms with Crippen molar-refractivity contribution in [3.8, 4) is 5.75 Å². The first-order valence-electron chi connectivity index (χ1n) is 5.01. The van der Waals surface area contributed by atoms with Crippen LogP contribution in [-0.4, -0.2) is 12.1 Å². The molecule has 0 fully saturated rings. The zero-order valence-electron chi connectivity index (χ0n) is 9.27. The molecule has 17 heavy (non-hydrogen) atoms. The minimum Gasteiger partial charge on any atom is -0.495 e. The number of benzene rings is 1. The SMILES string of the molecule is COc1cc(Nc2ccc(N)cn2)ccc1Cl. The summed E-state index contributed by atoms with van der Waals surface area (Å²) in [6.45, 7) is 0. The number of nitrogens with zero attached hydrogens (tertiary/aromatic N) is 1. The van der Waals surface area contributed by atoms with Crippen molar-refractivity contribution in [1.82, 2.24) is 4.98 Å². The molecule has 2 rings (SSSR count). The van der Waals surface area contributed by atoms with Gasteiger partial charge in [0.2, 0.25) is 0 Å². The van der Waals surface area contributed by atoms with Crippen molar-refractivity contribution in [2.45, 2.75) is 0 Å². The van der Waals surface area contributed by atoms with Crippen LogP contribution in [0.3, 0.4) is 0 Å². The molecule has 4 nitrogen and oxygen atoms in total. The van der Waals surface area contributed by atoms with E-state index in [1.54, 1.807) is 37.6 Å². The van der Waals surface area contributed by atoms with Gasteiger partial charge in [-0.25, -0.2) is 4.98 Å². The van der Waals surface area contributed by atoms with E-state index in [0.717, 1.165) is 5.69 Å².